The van der Waals surface area contributed by atoms with E-state index >= 15 is 0 Å². The molecule has 1 aromatic carbocycles. The van der Waals surface area contributed by atoms with Crippen molar-refractivity contribution in [3.05, 3.63) is 28.2 Å². The normalized spacial score (nSPS) is 17.3. The van der Waals surface area contributed by atoms with Crippen LogP contribution in [0.3, 0.4) is 0 Å². The topological polar surface area (TPSA) is 35.8 Å². The van der Waals surface area contributed by atoms with Gasteiger partial charge >= 0.3 is 0 Å². The zero-order valence-corrected chi connectivity index (χ0v) is 11.0. The zero-order chi connectivity index (χ0) is 11.6. The number of hydrogen-bond acceptors (Lipinski definition) is 2. The van der Waals surface area contributed by atoms with Crippen molar-refractivity contribution in [2.45, 2.75) is 26.2 Å². The molecule has 16 heavy (non-hydrogen) atoms. The summed E-state index contributed by atoms with van der Waals surface area (Å²) in [5.74, 6) is 0. The van der Waals surface area contributed by atoms with Crippen LogP contribution < -0.4 is 5.32 Å². The van der Waals surface area contributed by atoms with Crippen LogP contribution in [0, 0.1) is 16.7 Å². The molecule has 3 heteroatoms. The quantitative estimate of drug-likeness (QED) is 0.910. The van der Waals surface area contributed by atoms with E-state index in [1.165, 1.54) is 19.3 Å². The smallest absolute Gasteiger partial charge is 0.101 e. The summed E-state index contributed by atoms with van der Waals surface area (Å²) in [6.45, 7) is 3.26. The Morgan fingerprint density at radius 1 is 1.50 bits per heavy atom. The number of nitriles is 1. The summed E-state index contributed by atoms with van der Waals surface area (Å²) in [5, 5.41) is 12.4. The largest absolute Gasteiger partial charge is 0.383 e. The number of rotatable bonds is 3. The zero-order valence-electron chi connectivity index (χ0n) is 9.39. The fourth-order valence-corrected chi connectivity index (χ4v) is 2.39. The molecule has 1 aliphatic rings. The lowest BCUT2D eigenvalue weighted by atomic mass is 9.70. The average Bonchev–Trinajstić information content (AvgIpc) is 2.24. The molecule has 84 valence electrons. The Kier molecular flexibility index (Phi) is 3.20. The van der Waals surface area contributed by atoms with Crippen LogP contribution in [0.4, 0.5) is 5.69 Å². The van der Waals surface area contributed by atoms with E-state index in [4.69, 9.17) is 5.26 Å². The molecule has 0 bridgehead atoms. The molecular formula is C13H15BrN2. The van der Waals surface area contributed by atoms with Crippen molar-refractivity contribution >= 4 is 21.6 Å². The van der Waals surface area contributed by atoms with Crippen LogP contribution in [0.1, 0.15) is 31.7 Å². The third-order valence-corrected chi connectivity index (χ3v) is 3.86. The maximum absolute atomic E-state index is 9.00. The van der Waals surface area contributed by atoms with Crippen LogP contribution >= 0.6 is 15.9 Å². The summed E-state index contributed by atoms with van der Waals surface area (Å²) in [7, 11) is 0. The lowest BCUT2D eigenvalue weighted by Gasteiger charge is -2.38. The fraction of sp³-hybridized carbons (Fsp3) is 0.462. The van der Waals surface area contributed by atoms with Crippen LogP contribution in [-0.4, -0.2) is 6.54 Å². The molecule has 0 atom stereocenters. The van der Waals surface area contributed by atoms with E-state index in [9.17, 15) is 0 Å². The predicted molar refractivity (Wildman–Crippen MR) is 69.3 cm³/mol. The van der Waals surface area contributed by atoms with Crippen molar-refractivity contribution in [3.63, 3.8) is 0 Å². The van der Waals surface area contributed by atoms with Gasteiger partial charge in [0, 0.05) is 11.0 Å². The molecule has 0 saturated heterocycles. The second kappa shape index (κ2) is 4.47. The standard InChI is InChI=1S/C13H15BrN2/c1-13(5-2-6-13)9-16-12-7-11(14)4-3-10(12)8-15/h3-4,7,16H,2,5-6,9H2,1H3. The summed E-state index contributed by atoms with van der Waals surface area (Å²) in [6.07, 6.45) is 3.91. The van der Waals surface area contributed by atoms with Crippen LogP contribution in [0.5, 0.6) is 0 Å². The third kappa shape index (κ3) is 2.38. The third-order valence-electron chi connectivity index (χ3n) is 3.37. The van der Waals surface area contributed by atoms with Gasteiger partial charge in [0.2, 0.25) is 0 Å². The first-order chi connectivity index (χ1) is 7.63. The maximum Gasteiger partial charge on any atom is 0.101 e. The van der Waals surface area contributed by atoms with E-state index in [2.05, 4.69) is 34.2 Å². The molecule has 2 rings (SSSR count). The van der Waals surface area contributed by atoms with E-state index in [0.717, 1.165) is 16.7 Å². The number of benzene rings is 1. The van der Waals surface area contributed by atoms with E-state index in [1.807, 2.05) is 18.2 Å². The minimum Gasteiger partial charge on any atom is -0.383 e. The van der Waals surface area contributed by atoms with Crippen molar-refractivity contribution < 1.29 is 0 Å². The molecule has 0 radical (unpaired) electrons. The van der Waals surface area contributed by atoms with Crippen molar-refractivity contribution in [2.24, 2.45) is 5.41 Å². The van der Waals surface area contributed by atoms with Gasteiger partial charge in [0.05, 0.1) is 11.3 Å². The molecule has 2 nitrogen and oxygen atoms in total. The van der Waals surface area contributed by atoms with Gasteiger partial charge in [-0.1, -0.05) is 29.3 Å². The van der Waals surface area contributed by atoms with Gasteiger partial charge in [-0.15, -0.1) is 0 Å². The Balaban J connectivity index is 2.08. The van der Waals surface area contributed by atoms with Crippen LogP contribution in [0.2, 0.25) is 0 Å². The molecule has 1 fully saturated rings. The number of halogens is 1. The molecular weight excluding hydrogens is 264 g/mol. The van der Waals surface area contributed by atoms with Crippen LogP contribution in [0.25, 0.3) is 0 Å². The van der Waals surface area contributed by atoms with Gasteiger partial charge in [-0.25, -0.2) is 0 Å². The average molecular weight is 279 g/mol. The van der Waals surface area contributed by atoms with Gasteiger partial charge in [0.1, 0.15) is 6.07 Å². The molecule has 0 amide bonds. The highest BCUT2D eigenvalue weighted by Gasteiger charge is 2.31. The first-order valence-electron chi connectivity index (χ1n) is 5.56. The number of nitrogens with one attached hydrogen (secondary N) is 1. The second-order valence-corrected chi connectivity index (χ2v) is 5.74. The van der Waals surface area contributed by atoms with Crippen molar-refractivity contribution in [1.29, 1.82) is 5.26 Å². The SMILES string of the molecule is CC1(CNc2cc(Br)ccc2C#N)CCC1. The van der Waals surface area contributed by atoms with Gasteiger partial charge < -0.3 is 5.32 Å². The molecule has 1 saturated carbocycles. The number of hydrogen-bond donors (Lipinski definition) is 1. The minimum atomic E-state index is 0.426. The minimum absolute atomic E-state index is 0.426. The van der Waals surface area contributed by atoms with Gasteiger partial charge in [-0.05, 0) is 36.5 Å². The van der Waals surface area contributed by atoms with E-state index in [0.29, 0.717) is 11.0 Å². The second-order valence-electron chi connectivity index (χ2n) is 4.82. The number of nitrogens with zero attached hydrogens (tertiary/aromatic N) is 1. The van der Waals surface area contributed by atoms with E-state index in [1.54, 1.807) is 0 Å². The van der Waals surface area contributed by atoms with Gasteiger partial charge in [0.15, 0.2) is 0 Å². The molecule has 0 unspecified atom stereocenters. The van der Waals surface area contributed by atoms with Crippen molar-refractivity contribution in [1.82, 2.24) is 0 Å². The fourth-order valence-electron chi connectivity index (χ4n) is 2.03. The lowest BCUT2D eigenvalue weighted by molar-refractivity contribution is 0.180. The van der Waals surface area contributed by atoms with E-state index in [-0.39, 0.29) is 0 Å². The summed E-state index contributed by atoms with van der Waals surface area (Å²) < 4.78 is 1.01. The highest BCUT2D eigenvalue weighted by Crippen LogP contribution is 2.40. The van der Waals surface area contributed by atoms with Gasteiger partial charge in [-0.2, -0.15) is 5.26 Å². The Morgan fingerprint density at radius 3 is 2.81 bits per heavy atom. The summed E-state index contributed by atoms with van der Waals surface area (Å²) >= 11 is 3.43. The molecule has 0 spiro atoms. The number of anilines is 1. The van der Waals surface area contributed by atoms with Gasteiger partial charge in [0.25, 0.3) is 0 Å². The Bertz CT molecular complexity index is 430. The monoisotopic (exact) mass is 278 g/mol. The summed E-state index contributed by atoms with van der Waals surface area (Å²) in [6, 6.07) is 7.92. The van der Waals surface area contributed by atoms with Crippen LogP contribution in [0.15, 0.2) is 22.7 Å². The highest BCUT2D eigenvalue weighted by atomic mass is 79.9. The molecule has 1 N–H and O–H groups in total. The maximum atomic E-state index is 9.00. The van der Waals surface area contributed by atoms with E-state index < -0.39 is 0 Å². The van der Waals surface area contributed by atoms with Crippen molar-refractivity contribution in [3.8, 4) is 6.07 Å². The summed E-state index contributed by atoms with van der Waals surface area (Å²) in [5.41, 5.74) is 2.07. The van der Waals surface area contributed by atoms with Crippen molar-refractivity contribution in [2.75, 3.05) is 11.9 Å². The lowest BCUT2D eigenvalue weighted by Crippen LogP contribution is -2.33. The molecule has 1 aliphatic carbocycles. The molecule has 0 aliphatic heterocycles. The first-order valence-corrected chi connectivity index (χ1v) is 6.36. The summed E-state index contributed by atoms with van der Waals surface area (Å²) in [4.78, 5) is 0. The van der Waals surface area contributed by atoms with Gasteiger partial charge in [-0.3, -0.25) is 0 Å². The Hall–Kier alpha value is -1.01. The molecule has 0 aromatic heterocycles. The molecule has 0 heterocycles. The first kappa shape index (κ1) is 11.5. The van der Waals surface area contributed by atoms with Crippen LogP contribution in [-0.2, 0) is 0 Å². The predicted octanol–water partition coefficient (Wildman–Crippen LogP) is 3.92. The Morgan fingerprint density at radius 2 is 2.25 bits per heavy atom. The Labute approximate surface area is 105 Å². The highest BCUT2D eigenvalue weighted by molar-refractivity contribution is 9.10. The molecule has 1 aromatic rings.